The van der Waals surface area contributed by atoms with Crippen molar-refractivity contribution in [2.45, 2.75) is 25.1 Å². The Hall–Kier alpha value is -2.02. The third-order valence-corrected chi connectivity index (χ3v) is 4.41. The highest BCUT2D eigenvalue weighted by molar-refractivity contribution is 5.97. The van der Waals surface area contributed by atoms with Crippen LogP contribution in [-0.4, -0.2) is 46.3 Å². The van der Waals surface area contributed by atoms with Crippen molar-refractivity contribution < 1.29 is 23.1 Å². The first kappa shape index (κ1) is 15.9. The summed E-state index contributed by atoms with van der Waals surface area (Å²) in [5.74, 6) is -1.04. The fourth-order valence-electron chi connectivity index (χ4n) is 3.05. The third kappa shape index (κ3) is 3.19. The fourth-order valence-corrected chi connectivity index (χ4v) is 3.05. The number of benzene rings is 1. The molecule has 2 aromatic rings. The average Bonchev–Trinajstić information content (AvgIpc) is 3.00. The van der Waals surface area contributed by atoms with E-state index in [4.69, 9.17) is 0 Å². The van der Waals surface area contributed by atoms with Gasteiger partial charge in [0.1, 0.15) is 0 Å². The molecule has 2 heterocycles. The molecular weight excluding hydrogens is 309 g/mol. The molecule has 1 aromatic carbocycles. The van der Waals surface area contributed by atoms with Gasteiger partial charge in [-0.05, 0) is 42.3 Å². The van der Waals surface area contributed by atoms with Gasteiger partial charge in [-0.25, -0.2) is 0 Å². The molecule has 1 aliphatic heterocycles. The molecule has 1 aromatic heterocycles. The number of aliphatic hydroxyl groups excluding tert-OH is 1. The van der Waals surface area contributed by atoms with Crippen molar-refractivity contribution in [2.75, 3.05) is 13.1 Å². The molecule has 2 N–H and O–H groups in total. The van der Waals surface area contributed by atoms with Crippen LogP contribution in [0.3, 0.4) is 0 Å². The van der Waals surface area contributed by atoms with Gasteiger partial charge in [0, 0.05) is 30.4 Å². The number of fused-ring (bicyclic) bond motifs is 1. The number of halogens is 3. The van der Waals surface area contributed by atoms with E-state index in [0.717, 1.165) is 10.9 Å². The predicted molar refractivity (Wildman–Crippen MR) is 79.0 cm³/mol. The first-order chi connectivity index (χ1) is 10.9. The van der Waals surface area contributed by atoms with Crippen LogP contribution in [0.1, 0.15) is 23.2 Å². The zero-order chi connectivity index (χ0) is 16.6. The number of nitrogens with one attached hydrogen (secondary N) is 1. The summed E-state index contributed by atoms with van der Waals surface area (Å²) in [6.07, 6.45) is -4.83. The number of piperidine rings is 1. The Morgan fingerprint density at radius 3 is 2.61 bits per heavy atom. The molecule has 4 nitrogen and oxygen atoms in total. The van der Waals surface area contributed by atoms with E-state index in [1.165, 1.54) is 0 Å². The molecule has 0 saturated carbocycles. The number of hydrogen-bond donors (Lipinski definition) is 2. The minimum absolute atomic E-state index is 0.150. The van der Waals surface area contributed by atoms with Gasteiger partial charge in [-0.3, -0.25) is 4.79 Å². The van der Waals surface area contributed by atoms with Crippen LogP contribution in [0.4, 0.5) is 13.2 Å². The molecule has 1 aliphatic rings. The second-order valence-electron chi connectivity index (χ2n) is 5.90. The van der Waals surface area contributed by atoms with E-state index >= 15 is 0 Å². The van der Waals surface area contributed by atoms with Crippen LogP contribution in [0.2, 0.25) is 0 Å². The molecular formula is C16H17F3N2O2. The van der Waals surface area contributed by atoms with Crippen LogP contribution in [0.5, 0.6) is 0 Å². The molecule has 0 radical (unpaired) electrons. The summed E-state index contributed by atoms with van der Waals surface area (Å²) < 4.78 is 37.6. The van der Waals surface area contributed by atoms with E-state index < -0.39 is 18.2 Å². The van der Waals surface area contributed by atoms with Gasteiger partial charge in [-0.15, -0.1) is 0 Å². The molecule has 23 heavy (non-hydrogen) atoms. The van der Waals surface area contributed by atoms with Gasteiger partial charge in [0.15, 0.2) is 6.10 Å². The quantitative estimate of drug-likeness (QED) is 0.891. The molecule has 1 saturated heterocycles. The first-order valence-corrected chi connectivity index (χ1v) is 7.47. The van der Waals surface area contributed by atoms with Crippen molar-refractivity contribution >= 4 is 16.8 Å². The Bertz CT molecular complexity index is 703. The van der Waals surface area contributed by atoms with Crippen molar-refractivity contribution in [3.63, 3.8) is 0 Å². The molecule has 124 valence electrons. The molecule has 3 rings (SSSR count). The van der Waals surface area contributed by atoms with E-state index in [1.54, 1.807) is 23.2 Å². The molecule has 0 aliphatic carbocycles. The highest BCUT2D eigenvalue weighted by Gasteiger charge is 2.44. The molecule has 0 spiro atoms. The van der Waals surface area contributed by atoms with E-state index in [9.17, 15) is 23.1 Å². The first-order valence-electron chi connectivity index (χ1n) is 7.47. The number of hydrogen-bond acceptors (Lipinski definition) is 2. The van der Waals surface area contributed by atoms with Gasteiger partial charge in [0.25, 0.3) is 5.91 Å². The highest BCUT2D eigenvalue weighted by atomic mass is 19.4. The minimum atomic E-state index is -4.60. The molecule has 0 bridgehead atoms. The Kier molecular flexibility index (Phi) is 4.06. The number of alkyl halides is 3. The van der Waals surface area contributed by atoms with E-state index in [2.05, 4.69) is 4.98 Å². The topological polar surface area (TPSA) is 56.3 Å². The number of likely N-dealkylation sites (tertiary alicyclic amines) is 1. The standard InChI is InChI=1S/C16H17F3N2O2/c17-16(18,19)14(22)11-4-7-21(8-5-11)15(23)12-2-1-10-3-6-20-13(10)9-12/h1-3,6,9,11,14,20,22H,4-5,7-8H2. The van der Waals surface area contributed by atoms with Crippen LogP contribution in [0, 0.1) is 5.92 Å². The minimum Gasteiger partial charge on any atom is -0.383 e. The maximum atomic E-state index is 12.5. The fraction of sp³-hybridized carbons (Fsp3) is 0.438. The summed E-state index contributed by atoms with van der Waals surface area (Å²) in [5.41, 5.74) is 1.35. The zero-order valence-corrected chi connectivity index (χ0v) is 12.3. The van der Waals surface area contributed by atoms with Crippen LogP contribution in [0.25, 0.3) is 10.9 Å². The number of aliphatic hydroxyl groups is 1. The summed E-state index contributed by atoms with van der Waals surface area (Å²) in [6, 6.07) is 7.19. The number of rotatable bonds is 2. The zero-order valence-electron chi connectivity index (χ0n) is 12.3. The van der Waals surface area contributed by atoms with Crippen molar-refractivity contribution in [2.24, 2.45) is 5.92 Å². The Morgan fingerprint density at radius 1 is 1.26 bits per heavy atom. The lowest BCUT2D eigenvalue weighted by Crippen LogP contribution is -2.45. The summed E-state index contributed by atoms with van der Waals surface area (Å²) in [5, 5.41) is 10.3. The number of aromatic amines is 1. The largest absolute Gasteiger partial charge is 0.414 e. The van der Waals surface area contributed by atoms with Gasteiger partial charge >= 0.3 is 6.18 Å². The number of aromatic nitrogens is 1. The van der Waals surface area contributed by atoms with Crippen LogP contribution in [-0.2, 0) is 0 Å². The van der Waals surface area contributed by atoms with E-state index in [0.29, 0.717) is 5.56 Å². The van der Waals surface area contributed by atoms with Crippen molar-refractivity contribution in [3.8, 4) is 0 Å². The Labute approximate surface area is 130 Å². The van der Waals surface area contributed by atoms with Crippen molar-refractivity contribution in [1.29, 1.82) is 0 Å². The van der Waals surface area contributed by atoms with Gasteiger partial charge in [0.2, 0.25) is 0 Å². The Balaban J connectivity index is 1.66. The van der Waals surface area contributed by atoms with Gasteiger partial charge in [-0.1, -0.05) is 6.07 Å². The van der Waals surface area contributed by atoms with Crippen molar-refractivity contribution in [3.05, 3.63) is 36.0 Å². The SMILES string of the molecule is O=C(c1ccc2cc[nH]c2c1)N1CCC(C(O)C(F)(F)F)CC1. The average molecular weight is 326 g/mol. The normalized spacial score (nSPS) is 18.3. The van der Waals surface area contributed by atoms with Crippen LogP contribution < -0.4 is 0 Å². The number of nitrogens with zero attached hydrogens (tertiary/aromatic N) is 1. The van der Waals surface area contributed by atoms with Gasteiger partial charge in [-0.2, -0.15) is 13.2 Å². The van der Waals surface area contributed by atoms with E-state index in [1.807, 2.05) is 12.1 Å². The van der Waals surface area contributed by atoms with Gasteiger partial charge < -0.3 is 15.0 Å². The maximum Gasteiger partial charge on any atom is 0.414 e. The number of H-pyrrole nitrogens is 1. The monoisotopic (exact) mass is 326 g/mol. The Morgan fingerprint density at radius 2 is 1.96 bits per heavy atom. The van der Waals surface area contributed by atoms with Crippen LogP contribution in [0.15, 0.2) is 30.5 Å². The molecule has 1 unspecified atom stereocenters. The summed E-state index contributed by atoms with van der Waals surface area (Å²) >= 11 is 0. The lowest BCUT2D eigenvalue weighted by Gasteiger charge is -2.34. The summed E-state index contributed by atoms with van der Waals surface area (Å²) in [7, 11) is 0. The smallest absolute Gasteiger partial charge is 0.383 e. The van der Waals surface area contributed by atoms with Crippen LogP contribution >= 0.6 is 0 Å². The van der Waals surface area contributed by atoms with Gasteiger partial charge in [0.05, 0.1) is 0 Å². The predicted octanol–water partition coefficient (Wildman–Crippen LogP) is 2.94. The third-order valence-electron chi connectivity index (χ3n) is 4.41. The molecule has 1 atom stereocenters. The maximum absolute atomic E-state index is 12.5. The molecule has 7 heteroatoms. The van der Waals surface area contributed by atoms with E-state index in [-0.39, 0.29) is 31.8 Å². The number of amides is 1. The molecule has 1 amide bonds. The summed E-state index contributed by atoms with van der Waals surface area (Å²) in [6.45, 7) is 0.443. The second kappa shape index (κ2) is 5.88. The van der Waals surface area contributed by atoms with Crippen molar-refractivity contribution in [1.82, 2.24) is 9.88 Å². The lowest BCUT2D eigenvalue weighted by atomic mass is 9.90. The number of carbonyl (C=O) groups is 1. The lowest BCUT2D eigenvalue weighted by molar-refractivity contribution is -0.222. The summed E-state index contributed by atoms with van der Waals surface area (Å²) in [4.78, 5) is 17.0. The molecule has 1 fully saturated rings. The highest BCUT2D eigenvalue weighted by Crippen LogP contribution is 2.32. The number of carbonyl (C=O) groups excluding carboxylic acids is 1. The second-order valence-corrected chi connectivity index (χ2v) is 5.90.